The van der Waals surface area contributed by atoms with Crippen molar-refractivity contribution >= 4 is 49.6 Å². The van der Waals surface area contributed by atoms with E-state index < -0.39 is 0 Å². The van der Waals surface area contributed by atoms with Crippen LogP contribution in [0.2, 0.25) is 0 Å². The highest BCUT2D eigenvalue weighted by Crippen LogP contribution is 2.40. The van der Waals surface area contributed by atoms with E-state index in [1.165, 1.54) is 32.7 Å². The van der Waals surface area contributed by atoms with Gasteiger partial charge in [-0.25, -0.2) is 0 Å². The standard InChI is InChI=1S/C46H31NO/c1-3-11-36-29-38(18-17-32(36)9-1)34-19-24-40(25-20-34)47(42-28-21-33-10-2-4-12-37(33)30-42)41-26-22-35(23-27-41)43-14-6-7-15-44(43)46-31-39-13-5-8-16-45(39)48-46/h1-31H. The molecular formula is C46H31NO. The molecule has 0 N–H and O–H groups in total. The molecule has 0 saturated carbocycles. The van der Waals surface area contributed by atoms with Gasteiger partial charge in [0.1, 0.15) is 11.3 Å². The van der Waals surface area contributed by atoms with Gasteiger partial charge in [0.25, 0.3) is 0 Å². The van der Waals surface area contributed by atoms with Crippen molar-refractivity contribution in [2.45, 2.75) is 0 Å². The molecule has 0 amide bonds. The van der Waals surface area contributed by atoms with Gasteiger partial charge in [-0.05, 0) is 98.4 Å². The van der Waals surface area contributed by atoms with E-state index in [1.54, 1.807) is 0 Å². The number of fused-ring (bicyclic) bond motifs is 3. The molecule has 0 aliphatic rings. The number of para-hydroxylation sites is 1. The van der Waals surface area contributed by atoms with Crippen molar-refractivity contribution in [3.63, 3.8) is 0 Å². The number of furan rings is 1. The number of anilines is 3. The Bertz CT molecular complexity index is 2530. The van der Waals surface area contributed by atoms with E-state index in [0.29, 0.717) is 0 Å². The number of hydrogen-bond acceptors (Lipinski definition) is 2. The van der Waals surface area contributed by atoms with Gasteiger partial charge in [-0.1, -0.05) is 133 Å². The van der Waals surface area contributed by atoms with Crippen LogP contribution in [0.25, 0.3) is 66.1 Å². The van der Waals surface area contributed by atoms with Gasteiger partial charge in [-0.15, -0.1) is 0 Å². The summed E-state index contributed by atoms with van der Waals surface area (Å²) in [5, 5.41) is 6.05. The highest BCUT2D eigenvalue weighted by atomic mass is 16.3. The van der Waals surface area contributed by atoms with E-state index in [2.05, 4.69) is 175 Å². The summed E-state index contributed by atoms with van der Waals surface area (Å²) in [5.74, 6) is 0.875. The molecule has 9 rings (SSSR count). The van der Waals surface area contributed by atoms with Gasteiger partial charge in [0.05, 0.1) is 0 Å². The Hall–Kier alpha value is -6.38. The number of rotatable bonds is 6. The zero-order chi connectivity index (χ0) is 31.9. The third-order valence-corrected chi connectivity index (χ3v) is 9.25. The van der Waals surface area contributed by atoms with Crippen LogP contribution in [0.4, 0.5) is 17.1 Å². The van der Waals surface area contributed by atoms with E-state index in [4.69, 9.17) is 4.42 Å². The molecule has 0 fully saturated rings. The quantitative estimate of drug-likeness (QED) is 0.185. The minimum absolute atomic E-state index is 0.875. The molecule has 1 aromatic heterocycles. The maximum atomic E-state index is 6.28. The summed E-state index contributed by atoms with van der Waals surface area (Å²) in [5.41, 5.74) is 9.97. The van der Waals surface area contributed by atoms with Crippen LogP contribution < -0.4 is 4.90 Å². The Kier molecular flexibility index (Phi) is 6.84. The highest BCUT2D eigenvalue weighted by Gasteiger charge is 2.16. The summed E-state index contributed by atoms with van der Waals surface area (Å²) in [4.78, 5) is 2.34. The Morgan fingerprint density at radius 2 is 0.812 bits per heavy atom. The normalized spacial score (nSPS) is 11.3. The van der Waals surface area contributed by atoms with Gasteiger partial charge in [-0.2, -0.15) is 0 Å². The van der Waals surface area contributed by atoms with Gasteiger partial charge < -0.3 is 9.32 Å². The second kappa shape index (κ2) is 11.8. The fourth-order valence-corrected chi connectivity index (χ4v) is 6.79. The van der Waals surface area contributed by atoms with Crippen molar-refractivity contribution in [2.24, 2.45) is 0 Å². The topological polar surface area (TPSA) is 16.4 Å². The minimum atomic E-state index is 0.875. The zero-order valence-electron chi connectivity index (χ0n) is 26.3. The average Bonchev–Trinajstić information content (AvgIpc) is 3.60. The van der Waals surface area contributed by atoms with E-state index in [9.17, 15) is 0 Å². The summed E-state index contributed by atoms with van der Waals surface area (Å²) in [7, 11) is 0. The van der Waals surface area contributed by atoms with Crippen molar-refractivity contribution in [2.75, 3.05) is 4.90 Å². The van der Waals surface area contributed by atoms with Gasteiger partial charge in [0.2, 0.25) is 0 Å². The van der Waals surface area contributed by atoms with Crippen molar-refractivity contribution in [1.29, 1.82) is 0 Å². The molecule has 1 heterocycles. The summed E-state index contributed by atoms with van der Waals surface area (Å²) >= 11 is 0. The summed E-state index contributed by atoms with van der Waals surface area (Å²) in [6, 6.07) is 67.0. The summed E-state index contributed by atoms with van der Waals surface area (Å²) in [6.07, 6.45) is 0. The molecular weight excluding hydrogens is 583 g/mol. The maximum Gasteiger partial charge on any atom is 0.136 e. The minimum Gasteiger partial charge on any atom is -0.456 e. The monoisotopic (exact) mass is 613 g/mol. The van der Waals surface area contributed by atoms with Gasteiger partial charge >= 0.3 is 0 Å². The van der Waals surface area contributed by atoms with Gasteiger partial charge in [0.15, 0.2) is 0 Å². The number of hydrogen-bond donors (Lipinski definition) is 0. The van der Waals surface area contributed by atoms with Gasteiger partial charge in [-0.3, -0.25) is 0 Å². The fraction of sp³-hybridized carbons (Fsp3) is 0. The molecule has 2 heteroatoms. The first-order valence-corrected chi connectivity index (χ1v) is 16.3. The lowest BCUT2D eigenvalue weighted by Crippen LogP contribution is -2.09. The van der Waals surface area contributed by atoms with E-state index in [-0.39, 0.29) is 0 Å². The van der Waals surface area contributed by atoms with Gasteiger partial charge in [0, 0.05) is 28.0 Å². The Labute approximate surface area is 279 Å². The predicted octanol–water partition coefficient (Wildman–Crippen LogP) is 13.2. The van der Waals surface area contributed by atoms with Crippen molar-refractivity contribution in [3.8, 4) is 33.6 Å². The Morgan fingerprint density at radius 1 is 0.312 bits per heavy atom. The molecule has 2 nitrogen and oxygen atoms in total. The summed E-state index contributed by atoms with van der Waals surface area (Å²) < 4.78 is 6.28. The van der Waals surface area contributed by atoms with Crippen LogP contribution in [-0.2, 0) is 0 Å². The molecule has 0 unspecified atom stereocenters. The van der Waals surface area contributed by atoms with E-state index in [0.717, 1.165) is 50.5 Å². The van der Waals surface area contributed by atoms with Crippen LogP contribution in [0.3, 0.4) is 0 Å². The van der Waals surface area contributed by atoms with Crippen LogP contribution in [-0.4, -0.2) is 0 Å². The molecule has 8 aromatic carbocycles. The van der Waals surface area contributed by atoms with Crippen LogP contribution in [0.1, 0.15) is 0 Å². The smallest absolute Gasteiger partial charge is 0.136 e. The Balaban J connectivity index is 1.11. The number of nitrogens with zero attached hydrogens (tertiary/aromatic N) is 1. The number of benzene rings is 8. The average molecular weight is 614 g/mol. The molecule has 0 bridgehead atoms. The lowest BCUT2D eigenvalue weighted by Gasteiger charge is -2.26. The summed E-state index contributed by atoms with van der Waals surface area (Å²) in [6.45, 7) is 0. The molecule has 0 aliphatic carbocycles. The first kappa shape index (κ1) is 27.9. The zero-order valence-corrected chi connectivity index (χ0v) is 26.3. The SMILES string of the molecule is c1ccc(-c2cc3ccccc3o2)c(-c2ccc(N(c3ccc(-c4ccc5ccccc5c4)cc3)c3ccc4ccccc4c3)cc2)c1. The van der Waals surface area contributed by atoms with Crippen molar-refractivity contribution < 1.29 is 4.42 Å². The molecule has 0 spiro atoms. The first-order valence-electron chi connectivity index (χ1n) is 16.3. The first-order chi connectivity index (χ1) is 23.8. The lowest BCUT2D eigenvalue weighted by molar-refractivity contribution is 0.632. The molecule has 0 aliphatic heterocycles. The molecule has 0 radical (unpaired) electrons. The highest BCUT2D eigenvalue weighted by molar-refractivity contribution is 5.92. The van der Waals surface area contributed by atoms with Crippen LogP contribution in [0.15, 0.2) is 192 Å². The molecule has 48 heavy (non-hydrogen) atoms. The Morgan fingerprint density at radius 3 is 1.50 bits per heavy atom. The molecule has 226 valence electrons. The van der Waals surface area contributed by atoms with Crippen LogP contribution >= 0.6 is 0 Å². The predicted molar refractivity (Wildman–Crippen MR) is 202 cm³/mol. The van der Waals surface area contributed by atoms with Crippen LogP contribution in [0.5, 0.6) is 0 Å². The van der Waals surface area contributed by atoms with Crippen molar-refractivity contribution in [1.82, 2.24) is 0 Å². The largest absolute Gasteiger partial charge is 0.456 e. The second-order valence-corrected chi connectivity index (χ2v) is 12.2. The molecule has 0 atom stereocenters. The van der Waals surface area contributed by atoms with Crippen molar-refractivity contribution in [3.05, 3.63) is 188 Å². The third kappa shape index (κ3) is 5.10. The molecule has 0 saturated heterocycles. The van der Waals surface area contributed by atoms with E-state index in [1.807, 2.05) is 18.2 Å². The van der Waals surface area contributed by atoms with Crippen LogP contribution in [0, 0.1) is 0 Å². The lowest BCUT2D eigenvalue weighted by atomic mass is 9.97. The molecule has 9 aromatic rings. The second-order valence-electron chi connectivity index (χ2n) is 12.2. The maximum absolute atomic E-state index is 6.28. The fourth-order valence-electron chi connectivity index (χ4n) is 6.79. The third-order valence-electron chi connectivity index (χ3n) is 9.25. The van der Waals surface area contributed by atoms with E-state index >= 15 is 0 Å².